The van der Waals surface area contributed by atoms with E-state index in [1.54, 1.807) is 20.8 Å². The summed E-state index contributed by atoms with van der Waals surface area (Å²) in [6.07, 6.45) is -3.06. The van der Waals surface area contributed by atoms with Gasteiger partial charge in [0.25, 0.3) is 0 Å². The molecule has 2 fully saturated rings. The summed E-state index contributed by atoms with van der Waals surface area (Å²) in [6.45, 7) is 5.68. The van der Waals surface area contributed by atoms with E-state index < -0.39 is 45.6 Å². The minimum Gasteiger partial charge on any atom is -0.444 e. The second-order valence-corrected chi connectivity index (χ2v) is 10.6. The summed E-state index contributed by atoms with van der Waals surface area (Å²) < 4.78 is 83.7. The molecule has 1 aromatic rings. The molecule has 1 aliphatic carbocycles. The monoisotopic (exact) mass is 480 g/mol. The van der Waals surface area contributed by atoms with E-state index in [0.717, 1.165) is 12.1 Å². The van der Waals surface area contributed by atoms with E-state index in [1.165, 1.54) is 15.3 Å². The molecule has 32 heavy (non-hydrogen) atoms. The number of alkyl halides is 3. The van der Waals surface area contributed by atoms with Gasteiger partial charge >= 0.3 is 12.3 Å². The molecule has 1 atom stereocenters. The molecule has 0 bridgehead atoms. The zero-order valence-electron chi connectivity index (χ0n) is 18.2. The third-order valence-corrected chi connectivity index (χ3v) is 6.65. The molecular formula is C21H28F4N2O4S. The fourth-order valence-electron chi connectivity index (χ4n) is 4.13. The van der Waals surface area contributed by atoms with Crippen LogP contribution in [0.2, 0.25) is 0 Å². The third kappa shape index (κ3) is 5.72. The molecule has 3 rings (SSSR count). The Bertz CT molecular complexity index is 931. The number of rotatable bonds is 6. The topological polar surface area (TPSA) is 66.9 Å². The second kappa shape index (κ2) is 8.81. The van der Waals surface area contributed by atoms with Gasteiger partial charge in [-0.2, -0.15) is 13.2 Å². The first-order chi connectivity index (χ1) is 14.7. The quantitative estimate of drug-likeness (QED) is 0.492. The van der Waals surface area contributed by atoms with Gasteiger partial charge in [0.05, 0.1) is 5.56 Å². The summed E-state index contributed by atoms with van der Waals surface area (Å²) in [4.78, 5) is 14.0. The number of ether oxygens (including phenoxy) is 1. The first-order valence-electron chi connectivity index (χ1n) is 10.5. The zero-order chi connectivity index (χ0) is 23.9. The van der Waals surface area contributed by atoms with Crippen LogP contribution in [0.4, 0.5) is 22.4 Å². The standard InChI is InChI=1S/C21H28F4N2O4S/c1-19(2,3)31-18(28)27-10-4-5-15(27)12-26(32(29)30)13-20(8-9-20)14-6-7-17(22)16(11-14)21(23,24)25/h6-7,11,15,32H,4-5,8-10,12-13H2,1-3H3/t15-/m0/s1. The highest BCUT2D eigenvalue weighted by atomic mass is 32.2. The molecule has 0 radical (unpaired) electrons. The van der Waals surface area contributed by atoms with Crippen LogP contribution in [0.5, 0.6) is 0 Å². The number of halogens is 4. The molecule has 0 spiro atoms. The average molecular weight is 481 g/mol. The molecule has 1 aliphatic heterocycles. The van der Waals surface area contributed by atoms with E-state index >= 15 is 0 Å². The third-order valence-electron chi connectivity index (χ3n) is 5.88. The Morgan fingerprint density at radius 3 is 2.44 bits per heavy atom. The Morgan fingerprint density at radius 2 is 1.91 bits per heavy atom. The summed E-state index contributed by atoms with van der Waals surface area (Å²) in [5.41, 5.74) is -2.57. The predicted octanol–water partition coefficient (Wildman–Crippen LogP) is 4.10. The fraction of sp³-hybridized carbons (Fsp3) is 0.667. The van der Waals surface area contributed by atoms with E-state index in [2.05, 4.69) is 0 Å². The molecule has 1 saturated carbocycles. The van der Waals surface area contributed by atoms with E-state index in [4.69, 9.17) is 4.74 Å². The van der Waals surface area contributed by atoms with Crippen LogP contribution in [0, 0.1) is 5.82 Å². The number of hydrogen-bond acceptors (Lipinski definition) is 4. The average Bonchev–Trinajstić information content (AvgIpc) is 3.27. The number of carbonyl (C=O) groups excluding carboxylic acids is 1. The molecule has 1 saturated heterocycles. The Balaban J connectivity index is 1.77. The Labute approximate surface area is 186 Å². The van der Waals surface area contributed by atoms with Gasteiger partial charge in [-0.05, 0) is 64.2 Å². The van der Waals surface area contributed by atoms with Crippen molar-refractivity contribution < 1.29 is 35.5 Å². The van der Waals surface area contributed by atoms with Crippen molar-refractivity contribution in [2.24, 2.45) is 0 Å². The maximum atomic E-state index is 13.7. The van der Waals surface area contributed by atoms with E-state index in [1.807, 2.05) is 0 Å². The number of benzene rings is 1. The van der Waals surface area contributed by atoms with E-state index in [-0.39, 0.29) is 24.7 Å². The van der Waals surface area contributed by atoms with Gasteiger partial charge in [0.15, 0.2) is 0 Å². The molecule has 1 heterocycles. The molecule has 2 aliphatic rings. The minimum atomic E-state index is -4.84. The van der Waals surface area contributed by atoms with Crippen LogP contribution in [-0.2, 0) is 27.2 Å². The van der Waals surface area contributed by atoms with Gasteiger partial charge in [-0.15, -0.1) is 0 Å². The highest BCUT2D eigenvalue weighted by Gasteiger charge is 2.48. The van der Waals surface area contributed by atoms with Crippen molar-refractivity contribution in [3.05, 3.63) is 35.1 Å². The van der Waals surface area contributed by atoms with Gasteiger partial charge in [-0.1, -0.05) is 6.07 Å². The smallest absolute Gasteiger partial charge is 0.419 e. The molecule has 0 N–H and O–H groups in total. The number of likely N-dealkylation sites (tertiary alicyclic amines) is 1. The van der Waals surface area contributed by atoms with Gasteiger partial charge in [0.2, 0.25) is 10.9 Å². The van der Waals surface area contributed by atoms with Crippen molar-refractivity contribution in [1.82, 2.24) is 9.21 Å². The number of carbonyl (C=O) groups is 1. The van der Waals surface area contributed by atoms with Crippen LogP contribution in [0.25, 0.3) is 0 Å². The lowest BCUT2D eigenvalue weighted by atomic mass is 9.93. The Kier molecular flexibility index (Phi) is 6.82. The van der Waals surface area contributed by atoms with Crippen molar-refractivity contribution >= 4 is 17.0 Å². The first kappa shape index (κ1) is 24.8. The highest BCUT2D eigenvalue weighted by Crippen LogP contribution is 2.50. The van der Waals surface area contributed by atoms with Crippen LogP contribution in [0.3, 0.4) is 0 Å². The van der Waals surface area contributed by atoms with Crippen LogP contribution in [0.1, 0.15) is 57.6 Å². The van der Waals surface area contributed by atoms with Crippen LogP contribution >= 0.6 is 0 Å². The van der Waals surface area contributed by atoms with Gasteiger partial charge in [0, 0.05) is 31.1 Å². The summed E-state index contributed by atoms with van der Waals surface area (Å²) in [5, 5.41) is 0. The number of nitrogens with zero attached hydrogens (tertiary/aromatic N) is 2. The highest BCUT2D eigenvalue weighted by molar-refractivity contribution is 7.69. The van der Waals surface area contributed by atoms with Crippen molar-refractivity contribution in [1.29, 1.82) is 0 Å². The van der Waals surface area contributed by atoms with Gasteiger partial charge < -0.3 is 9.64 Å². The van der Waals surface area contributed by atoms with Crippen LogP contribution in [-0.4, -0.2) is 55.0 Å². The van der Waals surface area contributed by atoms with Crippen molar-refractivity contribution in [2.75, 3.05) is 19.6 Å². The molecule has 1 amide bonds. The van der Waals surface area contributed by atoms with Crippen molar-refractivity contribution in [3.63, 3.8) is 0 Å². The number of thiol groups is 1. The lowest BCUT2D eigenvalue weighted by molar-refractivity contribution is -0.140. The molecule has 0 aromatic heterocycles. The SMILES string of the molecule is CC(C)(C)OC(=O)N1CCC[C@H]1CN(CC1(c2ccc(F)c(C(F)(F)F)c2)CC1)[SH](=O)=O. The molecule has 1 aromatic carbocycles. The molecular weight excluding hydrogens is 452 g/mol. The van der Waals surface area contributed by atoms with Gasteiger partial charge in [0.1, 0.15) is 11.4 Å². The van der Waals surface area contributed by atoms with Gasteiger partial charge in [-0.25, -0.2) is 21.9 Å². The number of hydrogen-bond donors (Lipinski definition) is 1. The largest absolute Gasteiger partial charge is 0.444 e. The maximum absolute atomic E-state index is 13.7. The summed E-state index contributed by atoms with van der Waals surface area (Å²) in [6, 6.07) is 2.46. The van der Waals surface area contributed by atoms with Crippen LogP contribution in [0.15, 0.2) is 18.2 Å². The van der Waals surface area contributed by atoms with Crippen LogP contribution < -0.4 is 0 Å². The van der Waals surface area contributed by atoms with Gasteiger partial charge in [-0.3, -0.25) is 0 Å². The summed E-state index contributed by atoms with van der Waals surface area (Å²) in [7, 11) is -3.04. The Morgan fingerprint density at radius 1 is 1.25 bits per heavy atom. The fourth-order valence-corrected chi connectivity index (χ4v) is 4.84. The predicted molar refractivity (Wildman–Crippen MR) is 110 cm³/mol. The van der Waals surface area contributed by atoms with E-state index in [0.29, 0.717) is 32.2 Å². The minimum absolute atomic E-state index is 0.0205. The lowest BCUT2D eigenvalue weighted by Gasteiger charge is -2.31. The summed E-state index contributed by atoms with van der Waals surface area (Å²) >= 11 is 0. The number of amides is 1. The zero-order valence-corrected chi connectivity index (χ0v) is 19.1. The van der Waals surface area contributed by atoms with Crippen molar-refractivity contribution in [2.45, 2.75) is 69.7 Å². The summed E-state index contributed by atoms with van der Waals surface area (Å²) in [5.74, 6) is -1.36. The van der Waals surface area contributed by atoms with Crippen molar-refractivity contribution in [3.8, 4) is 0 Å². The second-order valence-electron chi connectivity index (χ2n) is 9.53. The normalized spacial score (nSPS) is 20.8. The molecule has 0 unspecified atom stereocenters. The molecule has 180 valence electrons. The lowest BCUT2D eigenvalue weighted by Crippen LogP contribution is -2.46. The molecule has 11 heteroatoms. The van der Waals surface area contributed by atoms with E-state index in [9.17, 15) is 30.8 Å². The Hall–Kier alpha value is -1.88. The first-order valence-corrected chi connectivity index (χ1v) is 11.6. The molecule has 6 nitrogen and oxygen atoms in total. The maximum Gasteiger partial charge on any atom is 0.419 e.